The molecule has 3 heteroatoms. The molecule has 5 rings (SSSR count). The number of benzene rings is 3. The number of hydrogen-bond donors (Lipinski definition) is 0. The zero-order chi connectivity index (χ0) is 18.8. The lowest BCUT2D eigenvalue weighted by Crippen LogP contribution is -2.22. The number of pyridine rings is 1. The second-order valence-electron chi connectivity index (χ2n) is 7.31. The van der Waals surface area contributed by atoms with Crippen LogP contribution in [0.15, 0.2) is 72.9 Å². The SMILES string of the molecule is c1ccc2c(-c3c(COC4CCCCO4)ccc4ccccc34)nccc2c1. The number of fused-ring (bicyclic) bond motifs is 2. The molecule has 2 heterocycles. The molecule has 1 aromatic heterocycles. The van der Waals surface area contributed by atoms with E-state index in [1.54, 1.807) is 0 Å². The molecular formula is C25H23NO2. The first-order valence-electron chi connectivity index (χ1n) is 9.98. The minimum absolute atomic E-state index is 0.103. The van der Waals surface area contributed by atoms with Crippen LogP contribution in [0.5, 0.6) is 0 Å². The number of aromatic nitrogens is 1. The van der Waals surface area contributed by atoms with E-state index in [0.29, 0.717) is 6.61 Å². The molecule has 1 aliphatic heterocycles. The van der Waals surface area contributed by atoms with Gasteiger partial charge >= 0.3 is 0 Å². The van der Waals surface area contributed by atoms with Crippen LogP contribution in [0.3, 0.4) is 0 Å². The van der Waals surface area contributed by atoms with Crippen molar-refractivity contribution in [2.75, 3.05) is 6.61 Å². The molecule has 140 valence electrons. The number of rotatable bonds is 4. The zero-order valence-corrected chi connectivity index (χ0v) is 15.8. The van der Waals surface area contributed by atoms with E-state index in [9.17, 15) is 0 Å². The molecule has 0 bridgehead atoms. The first-order valence-corrected chi connectivity index (χ1v) is 9.98. The third-order valence-corrected chi connectivity index (χ3v) is 5.49. The van der Waals surface area contributed by atoms with Crippen LogP contribution in [0.2, 0.25) is 0 Å². The summed E-state index contributed by atoms with van der Waals surface area (Å²) in [4.78, 5) is 4.80. The lowest BCUT2D eigenvalue weighted by Gasteiger charge is -2.23. The standard InChI is InChI=1S/C25H23NO2/c1-3-9-21-18(7-1)12-13-20(17-28-23-11-5-6-16-27-23)24(21)25-22-10-4-2-8-19(22)14-15-26-25/h1-4,7-10,12-15,23H,5-6,11,16-17H2. The molecule has 28 heavy (non-hydrogen) atoms. The van der Waals surface area contributed by atoms with Crippen molar-refractivity contribution in [2.24, 2.45) is 0 Å². The summed E-state index contributed by atoms with van der Waals surface area (Å²) in [5.74, 6) is 0. The molecule has 1 saturated heterocycles. The molecule has 0 saturated carbocycles. The minimum Gasteiger partial charge on any atom is -0.353 e. The first kappa shape index (κ1) is 17.4. The highest BCUT2D eigenvalue weighted by atomic mass is 16.7. The highest BCUT2D eigenvalue weighted by Crippen LogP contribution is 2.35. The van der Waals surface area contributed by atoms with Crippen LogP contribution in [0, 0.1) is 0 Å². The van der Waals surface area contributed by atoms with Gasteiger partial charge in [0.15, 0.2) is 6.29 Å². The van der Waals surface area contributed by atoms with Crippen LogP contribution < -0.4 is 0 Å². The van der Waals surface area contributed by atoms with Crippen molar-refractivity contribution in [3.8, 4) is 11.3 Å². The van der Waals surface area contributed by atoms with Crippen LogP contribution >= 0.6 is 0 Å². The molecule has 0 aliphatic carbocycles. The van der Waals surface area contributed by atoms with Crippen molar-refractivity contribution in [1.82, 2.24) is 4.98 Å². The normalized spacial score (nSPS) is 17.2. The fourth-order valence-electron chi connectivity index (χ4n) is 4.06. The van der Waals surface area contributed by atoms with E-state index in [1.165, 1.54) is 22.6 Å². The predicted octanol–water partition coefficient (Wildman–Crippen LogP) is 6.10. The summed E-state index contributed by atoms with van der Waals surface area (Å²) in [7, 11) is 0. The van der Waals surface area contributed by atoms with Gasteiger partial charge in [0.2, 0.25) is 0 Å². The van der Waals surface area contributed by atoms with Gasteiger partial charge in [-0.25, -0.2) is 0 Å². The van der Waals surface area contributed by atoms with Gasteiger partial charge in [0.25, 0.3) is 0 Å². The molecule has 0 spiro atoms. The summed E-state index contributed by atoms with van der Waals surface area (Å²) in [6.45, 7) is 1.32. The quantitative estimate of drug-likeness (QED) is 0.436. The predicted molar refractivity (Wildman–Crippen MR) is 113 cm³/mol. The Hall–Kier alpha value is -2.75. The summed E-state index contributed by atoms with van der Waals surface area (Å²) < 4.78 is 11.9. The average Bonchev–Trinajstić information content (AvgIpc) is 2.77. The summed E-state index contributed by atoms with van der Waals surface area (Å²) in [5.41, 5.74) is 3.32. The molecule has 1 unspecified atom stereocenters. The van der Waals surface area contributed by atoms with Gasteiger partial charge < -0.3 is 9.47 Å². The highest BCUT2D eigenvalue weighted by molar-refractivity contribution is 6.05. The Labute approximate surface area is 164 Å². The van der Waals surface area contributed by atoms with Crippen molar-refractivity contribution in [3.63, 3.8) is 0 Å². The van der Waals surface area contributed by atoms with Crippen molar-refractivity contribution >= 4 is 21.5 Å². The fourth-order valence-corrected chi connectivity index (χ4v) is 4.06. The van der Waals surface area contributed by atoms with E-state index in [2.05, 4.69) is 66.7 Å². The third kappa shape index (κ3) is 3.28. The van der Waals surface area contributed by atoms with Gasteiger partial charge in [-0.3, -0.25) is 4.98 Å². The van der Waals surface area contributed by atoms with Crippen LogP contribution in [0.1, 0.15) is 24.8 Å². The van der Waals surface area contributed by atoms with Crippen LogP contribution in [0.25, 0.3) is 32.8 Å². The Kier molecular flexibility index (Phi) is 4.78. The van der Waals surface area contributed by atoms with E-state index in [4.69, 9.17) is 14.5 Å². The Morgan fingerprint density at radius 2 is 1.64 bits per heavy atom. The largest absolute Gasteiger partial charge is 0.353 e. The molecule has 3 nitrogen and oxygen atoms in total. The molecule has 1 atom stereocenters. The molecule has 0 radical (unpaired) electrons. The third-order valence-electron chi connectivity index (χ3n) is 5.49. The molecule has 3 aromatic carbocycles. The van der Waals surface area contributed by atoms with Gasteiger partial charge in [0, 0.05) is 23.8 Å². The van der Waals surface area contributed by atoms with Gasteiger partial charge in [-0.15, -0.1) is 0 Å². The van der Waals surface area contributed by atoms with Gasteiger partial charge in [-0.1, -0.05) is 60.7 Å². The molecule has 1 fully saturated rings. The zero-order valence-electron chi connectivity index (χ0n) is 15.8. The lowest BCUT2D eigenvalue weighted by atomic mass is 9.94. The molecule has 0 amide bonds. The molecular weight excluding hydrogens is 346 g/mol. The van der Waals surface area contributed by atoms with E-state index < -0.39 is 0 Å². The fraction of sp³-hybridized carbons (Fsp3) is 0.240. The molecule has 0 N–H and O–H groups in total. The van der Waals surface area contributed by atoms with Crippen molar-refractivity contribution in [1.29, 1.82) is 0 Å². The smallest absolute Gasteiger partial charge is 0.158 e. The van der Waals surface area contributed by atoms with Crippen molar-refractivity contribution in [3.05, 3.63) is 78.5 Å². The van der Waals surface area contributed by atoms with Crippen LogP contribution in [-0.2, 0) is 16.1 Å². The van der Waals surface area contributed by atoms with E-state index in [-0.39, 0.29) is 6.29 Å². The number of ether oxygens (including phenoxy) is 2. The van der Waals surface area contributed by atoms with Crippen LogP contribution in [0.4, 0.5) is 0 Å². The summed E-state index contributed by atoms with van der Waals surface area (Å²) in [6, 6.07) is 23.3. The second kappa shape index (κ2) is 7.70. The summed E-state index contributed by atoms with van der Waals surface area (Å²) in [6.07, 6.45) is 5.05. The van der Waals surface area contributed by atoms with E-state index in [1.807, 2.05) is 6.20 Å². The Bertz CT molecular complexity index is 1110. The van der Waals surface area contributed by atoms with Gasteiger partial charge in [-0.05, 0) is 47.1 Å². The Morgan fingerprint density at radius 1 is 0.857 bits per heavy atom. The average molecular weight is 369 g/mol. The number of nitrogens with zero attached hydrogens (tertiary/aromatic N) is 1. The summed E-state index contributed by atoms with van der Waals surface area (Å²) >= 11 is 0. The lowest BCUT2D eigenvalue weighted by molar-refractivity contribution is -0.168. The molecule has 1 aliphatic rings. The maximum atomic E-state index is 6.14. The van der Waals surface area contributed by atoms with Crippen molar-refractivity contribution < 1.29 is 9.47 Å². The highest BCUT2D eigenvalue weighted by Gasteiger charge is 2.18. The van der Waals surface area contributed by atoms with Gasteiger partial charge in [0.1, 0.15) is 0 Å². The van der Waals surface area contributed by atoms with Crippen LogP contribution in [-0.4, -0.2) is 17.9 Å². The van der Waals surface area contributed by atoms with Crippen molar-refractivity contribution in [2.45, 2.75) is 32.2 Å². The Balaban J connectivity index is 1.64. The maximum absolute atomic E-state index is 6.14. The van der Waals surface area contributed by atoms with Gasteiger partial charge in [-0.2, -0.15) is 0 Å². The van der Waals surface area contributed by atoms with E-state index in [0.717, 1.165) is 41.7 Å². The van der Waals surface area contributed by atoms with Gasteiger partial charge in [0.05, 0.1) is 12.3 Å². The monoisotopic (exact) mass is 369 g/mol. The first-order chi connectivity index (χ1) is 13.9. The second-order valence-corrected chi connectivity index (χ2v) is 7.31. The van der Waals surface area contributed by atoms with E-state index >= 15 is 0 Å². The maximum Gasteiger partial charge on any atom is 0.158 e. The summed E-state index contributed by atoms with van der Waals surface area (Å²) in [5, 5.41) is 4.78. The Morgan fingerprint density at radius 3 is 2.46 bits per heavy atom. The topological polar surface area (TPSA) is 31.4 Å². The minimum atomic E-state index is -0.103. The number of hydrogen-bond acceptors (Lipinski definition) is 3. The molecule has 4 aromatic rings.